The zero-order valence-electron chi connectivity index (χ0n) is 10.9. The molecule has 0 radical (unpaired) electrons. The van der Waals surface area contributed by atoms with Crippen LogP contribution < -0.4 is 5.32 Å². The van der Waals surface area contributed by atoms with Gasteiger partial charge in [-0.25, -0.2) is 0 Å². The average molecular weight is 283 g/mol. The summed E-state index contributed by atoms with van der Waals surface area (Å²) < 4.78 is 0. The van der Waals surface area contributed by atoms with Crippen LogP contribution >= 0.6 is 11.6 Å². The largest absolute Gasteiger partial charge is 0.312 e. The van der Waals surface area contributed by atoms with Gasteiger partial charge in [0.05, 0.1) is 9.95 Å². The van der Waals surface area contributed by atoms with Crippen molar-refractivity contribution >= 4 is 17.3 Å². The third-order valence-electron chi connectivity index (χ3n) is 3.72. The van der Waals surface area contributed by atoms with Crippen LogP contribution in [0.1, 0.15) is 37.7 Å². The highest BCUT2D eigenvalue weighted by molar-refractivity contribution is 6.31. The van der Waals surface area contributed by atoms with Crippen LogP contribution in [0, 0.1) is 16.0 Å². The fourth-order valence-electron chi connectivity index (χ4n) is 2.60. The summed E-state index contributed by atoms with van der Waals surface area (Å²) >= 11 is 6.05. The lowest BCUT2D eigenvalue weighted by Gasteiger charge is -2.21. The molecule has 1 aliphatic rings. The number of nitro benzene ring substituents is 1. The van der Waals surface area contributed by atoms with Crippen molar-refractivity contribution in [2.24, 2.45) is 5.92 Å². The standard InChI is InChI=1S/C14H19ClN2O2/c15-14-8-13(17(18)19)7-6-12(14)10-16-9-11-4-2-1-3-5-11/h6-8,11,16H,1-5,9-10H2. The second-order valence-corrected chi connectivity index (χ2v) is 5.57. The van der Waals surface area contributed by atoms with Gasteiger partial charge in [-0.2, -0.15) is 0 Å². The Morgan fingerprint density at radius 2 is 2.05 bits per heavy atom. The van der Waals surface area contributed by atoms with E-state index in [0.29, 0.717) is 11.6 Å². The van der Waals surface area contributed by atoms with Crippen molar-refractivity contribution in [3.05, 3.63) is 38.9 Å². The molecule has 1 N–H and O–H groups in total. The molecule has 0 amide bonds. The van der Waals surface area contributed by atoms with Crippen LogP contribution in [0.5, 0.6) is 0 Å². The highest BCUT2D eigenvalue weighted by Gasteiger charge is 2.13. The fourth-order valence-corrected chi connectivity index (χ4v) is 2.84. The Morgan fingerprint density at radius 3 is 2.68 bits per heavy atom. The number of non-ortho nitro benzene ring substituents is 1. The third kappa shape index (κ3) is 4.18. The number of nitrogens with one attached hydrogen (secondary N) is 1. The van der Waals surface area contributed by atoms with Gasteiger partial charge in [0.25, 0.3) is 5.69 Å². The zero-order chi connectivity index (χ0) is 13.7. The van der Waals surface area contributed by atoms with Crippen LogP contribution in [0.25, 0.3) is 0 Å². The van der Waals surface area contributed by atoms with E-state index in [2.05, 4.69) is 5.32 Å². The molecule has 0 aliphatic heterocycles. The zero-order valence-corrected chi connectivity index (χ0v) is 11.7. The average Bonchev–Trinajstić information content (AvgIpc) is 2.41. The minimum Gasteiger partial charge on any atom is -0.312 e. The first kappa shape index (κ1) is 14.3. The first-order chi connectivity index (χ1) is 9.16. The molecule has 0 bridgehead atoms. The van der Waals surface area contributed by atoms with E-state index in [1.165, 1.54) is 44.2 Å². The molecule has 1 aliphatic carbocycles. The lowest BCUT2D eigenvalue weighted by molar-refractivity contribution is -0.384. The monoisotopic (exact) mass is 282 g/mol. The summed E-state index contributed by atoms with van der Waals surface area (Å²) in [4.78, 5) is 10.2. The van der Waals surface area contributed by atoms with Crippen molar-refractivity contribution in [3.8, 4) is 0 Å². The summed E-state index contributed by atoms with van der Waals surface area (Å²) in [6.45, 7) is 1.68. The molecule has 1 saturated carbocycles. The van der Waals surface area contributed by atoms with Crippen molar-refractivity contribution < 1.29 is 4.92 Å². The molecular formula is C14H19ClN2O2. The van der Waals surface area contributed by atoms with E-state index in [4.69, 9.17) is 11.6 Å². The van der Waals surface area contributed by atoms with Crippen LogP contribution in [0.4, 0.5) is 5.69 Å². The third-order valence-corrected chi connectivity index (χ3v) is 4.07. The van der Waals surface area contributed by atoms with Crippen molar-refractivity contribution in [1.82, 2.24) is 5.32 Å². The maximum Gasteiger partial charge on any atom is 0.270 e. The Balaban J connectivity index is 1.83. The molecular weight excluding hydrogens is 264 g/mol. The lowest BCUT2D eigenvalue weighted by atomic mass is 9.89. The minimum atomic E-state index is -0.425. The predicted molar refractivity (Wildman–Crippen MR) is 76.4 cm³/mol. The molecule has 1 aromatic rings. The van der Waals surface area contributed by atoms with Gasteiger partial charge in [-0.3, -0.25) is 10.1 Å². The van der Waals surface area contributed by atoms with E-state index in [9.17, 15) is 10.1 Å². The van der Waals surface area contributed by atoms with Crippen molar-refractivity contribution in [1.29, 1.82) is 0 Å². The van der Waals surface area contributed by atoms with Gasteiger partial charge >= 0.3 is 0 Å². The number of benzene rings is 1. The molecule has 104 valence electrons. The van der Waals surface area contributed by atoms with Gasteiger partial charge in [-0.1, -0.05) is 30.9 Å². The smallest absolute Gasteiger partial charge is 0.270 e. The molecule has 0 aromatic heterocycles. The van der Waals surface area contributed by atoms with Gasteiger partial charge in [-0.15, -0.1) is 0 Å². The van der Waals surface area contributed by atoms with E-state index in [1.807, 2.05) is 0 Å². The quantitative estimate of drug-likeness (QED) is 0.658. The Morgan fingerprint density at radius 1 is 1.32 bits per heavy atom. The summed E-state index contributed by atoms with van der Waals surface area (Å²) in [5.41, 5.74) is 0.962. The van der Waals surface area contributed by atoms with Gasteiger partial charge in [-0.05, 0) is 36.9 Å². The molecule has 4 nitrogen and oxygen atoms in total. The summed E-state index contributed by atoms with van der Waals surface area (Å²) in [6, 6.07) is 4.65. The van der Waals surface area contributed by atoms with Gasteiger partial charge in [0.1, 0.15) is 0 Å². The topological polar surface area (TPSA) is 55.2 Å². The molecule has 0 saturated heterocycles. The molecule has 2 rings (SSSR count). The molecule has 1 aromatic carbocycles. The SMILES string of the molecule is O=[N+]([O-])c1ccc(CNCC2CCCCC2)c(Cl)c1. The van der Waals surface area contributed by atoms with E-state index in [0.717, 1.165) is 18.0 Å². The van der Waals surface area contributed by atoms with E-state index < -0.39 is 4.92 Å². The normalized spacial score (nSPS) is 16.5. The van der Waals surface area contributed by atoms with Crippen molar-refractivity contribution in [2.75, 3.05) is 6.54 Å². The summed E-state index contributed by atoms with van der Waals surface area (Å²) in [5, 5.41) is 14.5. The number of nitro groups is 1. The molecule has 0 heterocycles. The number of nitrogens with zero attached hydrogens (tertiary/aromatic N) is 1. The molecule has 0 atom stereocenters. The Kier molecular flexibility index (Phi) is 5.16. The van der Waals surface area contributed by atoms with Crippen LogP contribution in [-0.2, 0) is 6.54 Å². The highest BCUT2D eigenvalue weighted by Crippen LogP contribution is 2.24. The van der Waals surface area contributed by atoms with Crippen LogP contribution in [0.3, 0.4) is 0 Å². The van der Waals surface area contributed by atoms with E-state index >= 15 is 0 Å². The Bertz CT molecular complexity index is 445. The maximum absolute atomic E-state index is 10.6. The molecule has 0 spiro atoms. The summed E-state index contributed by atoms with van der Waals surface area (Å²) in [6.07, 6.45) is 6.65. The minimum absolute atomic E-state index is 0.0426. The van der Waals surface area contributed by atoms with Crippen molar-refractivity contribution in [2.45, 2.75) is 38.6 Å². The maximum atomic E-state index is 10.6. The highest BCUT2D eigenvalue weighted by atomic mass is 35.5. The first-order valence-corrected chi connectivity index (χ1v) is 7.18. The molecule has 0 unspecified atom stereocenters. The molecule has 19 heavy (non-hydrogen) atoms. The Labute approximate surface area is 118 Å². The van der Waals surface area contributed by atoms with E-state index in [1.54, 1.807) is 6.07 Å². The van der Waals surface area contributed by atoms with Crippen LogP contribution in [0.2, 0.25) is 5.02 Å². The van der Waals surface area contributed by atoms with Gasteiger partial charge < -0.3 is 5.32 Å². The number of hydrogen-bond acceptors (Lipinski definition) is 3. The second-order valence-electron chi connectivity index (χ2n) is 5.17. The first-order valence-electron chi connectivity index (χ1n) is 6.80. The number of rotatable bonds is 5. The van der Waals surface area contributed by atoms with Gasteiger partial charge in [0.15, 0.2) is 0 Å². The van der Waals surface area contributed by atoms with Gasteiger partial charge in [0, 0.05) is 18.7 Å². The van der Waals surface area contributed by atoms with Crippen LogP contribution in [0.15, 0.2) is 18.2 Å². The molecule has 5 heteroatoms. The lowest BCUT2D eigenvalue weighted by Crippen LogP contribution is -2.24. The molecule has 1 fully saturated rings. The van der Waals surface area contributed by atoms with Gasteiger partial charge in [0.2, 0.25) is 0 Å². The van der Waals surface area contributed by atoms with Crippen LogP contribution in [-0.4, -0.2) is 11.5 Å². The Hall–Kier alpha value is -1.13. The predicted octanol–water partition coefficient (Wildman–Crippen LogP) is 3.92. The number of halogens is 1. The fraction of sp³-hybridized carbons (Fsp3) is 0.571. The number of hydrogen-bond donors (Lipinski definition) is 1. The summed E-state index contributed by atoms with van der Waals surface area (Å²) in [5.74, 6) is 0.769. The summed E-state index contributed by atoms with van der Waals surface area (Å²) in [7, 11) is 0. The second kappa shape index (κ2) is 6.87. The van der Waals surface area contributed by atoms with E-state index in [-0.39, 0.29) is 5.69 Å². The van der Waals surface area contributed by atoms with Crippen molar-refractivity contribution in [3.63, 3.8) is 0 Å².